The third kappa shape index (κ3) is 5.73. The minimum Gasteiger partial charge on any atom is -0.393 e. The second-order valence-corrected chi connectivity index (χ2v) is 9.09. The van der Waals surface area contributed by atoms with Crippen molar-refractivity contribution >= 4 is 17.3 Å². The predicted molar refractivity (Wildman–Crippen MR) is 141 cm³/mol. The Morgan fingerprint density at radius 3 is 2.09 bits per heavy atom. The van der Waals surface area contributed by atoms with Crippen LogP contribution in [0.4, 0.5) is 17.3 Å². The number of nitrogens with one attached hydrogen (secondary N) is 1. The molecule has 0 unspecified atom stereocenters. The van der Waals surface area contributed by atoms with Crippen LogP contribution in [-0.4, -0.2) is 85.3 Å². The highest BCUT2D eigenvalue weighted by Crippen LogP contribution is 2.32. The summed E-state index contributed by atoms with van der Waals surface area (Å²) in [6, 6.07) is 21.8. The van der Waals surface area contributed by atoms with E-state index < -0.39 is 0 Å². The second-order valence-electron chi connectivity index (χ2n) is 9.09. The molecule has 8 nitrogen and oxygen atoms in total. The topological polar surface area (TPSA) is 82.8 Å². The number of anilines is 3. The summed E-state index contributed by atoms with van der Waals surface area (Å²) in [5, 5.41) is 3.41. The van der Waals surface area contributed by atoms with Gasteiger partial charge in [0.2, 0.25) is 0 Å². The van der Waals surface area contributed by atoms with Gasteiger partial charge in [-0.25, -0.2) is 9.97 Å². The molecule has 0 spiro atoms. The van der Waals surface area contributed by atoms with Gasteiger partial charge in [0.15, 0.2) is 11.6 Å². The zero-order valence-corrected chi connectivity index (χ0v) is 20.2. The van der Waals surface area contributed by atoms with Crippen LogP contribution in [0.1, 0.15) is 17.2 Å². The highest BCUT2D eigenvalue weighted by Gasteiger charge is 2.28. The van der Waals surface area contributed by atoms with Crippen LogP contribution in [0.25, 0.3) is 0 Å². The minimum absolute atomic E-state index is 0.236. The first-order chi connectivity index (χ1) is 17.3. The van der Waals surface area contributed by atoms with Crippen LogP contribution in [0.3, 0.4) is 0 Å². The normalized spacial score (nSPS) is 17.6. The van der Waals surface area contributed by atoms with Crippen molar-refractivity contribution in [3.8, 4) is 0 Å². The Bertz CT molecular complexity index is 1010. The van der Waals surface area contributed by atoms with Crippen molar-refractivity contribution in [2.75, 3.05) is 81.5 Å². The lowest BCUT2D eigenvalue weighted by Gasteiger charge is -2.40. The number of benzene rings is 2. The van der Waals surface area contributed by atoms with Crippen LogP contribution in [-0.2, 0) is 4.74 Å². The summed E-state index contributed by atoms with van der Waals surface area (Å²) in [5.41, 5.74) is 9.80. The summed E-state index contributed by atoms with van der Waals surface area (Å²) < 4.78 is 5.43. The smallest absolute Gasteiger partial charge is 0.157 e. The standard InChI is InChI=1S/C27H35N7O/c28-24-26(29-11-12-32-17-19-35-20-18-32)30-21-31-27(24)34-15-13-33(14-16-34)25(22-7-3-1-4-8-22)23-9-5-2-6-10-23/h1-10,21,25H,11-20,28H2,(H,29,30,31). The van der Waals surface area contributed by atoms with Gasteiger partial charge in [0.05, 0.1) is 19.3 Å². The van der Waals surface area contributed by atoms with E-state index in [1.54, 1.807) is 6.33 Å². The molecule has 2 fully saturated rings. The SMILES string of the molecule is Nc1c(NCCN2CCOCC2)ncnc1N1CCN(C(c2ccccc2)c2ccccc2)CC1. The van der Waals surface area contributed by atoms with E-state index in [1.165, 1.54) is 11.1 Å². The van der Waals surface area contributed by atoms with Crippen molar-refractivity contribution < 1.29 is 4.74 Å². The van der Waals surface area contributed by atoms with Gasteiger partial charge >= 0.3 is 0 Å². The average Bonchev–Trinajstić information content (AvgIpc) is 2.92. The maximum Gasteiger partial charge on any atom is 0.157 e. The van der Waals surface area contributed by atoms with Crippen molar-refractivity contribution in [3.63, 3.8) is 0 Å². The third-order valence-corrected chi connectivity index (χ3v) is 6.90. The van der Waals surface area contributed by atoms with Crippen LogP contribution >= 0.6 is 0 Å². The fourth-order valence-corrected chi connectivity index (χ4v) is 5.01. The molecule has 0 atom stereocenters. The quantitative estimate of drug-likeness (QED) is 0.517. The van der Waals surface area contributed by atoms with E-state index in [-0.39, 0.29) is 6.04 Å². The Labute approximate surface area is 207 Å². The van der Waals surface area contributed by atoms with E-state index in [9.17, 15) is 0 Å². The maximum atomic E-state index is 6.53. The van der Waals surface area contributed by atoms with Crippen molar-refractivity contribution in [2.45, 2.75) is 6.04 Å². The number of aromatic nitrogens is 2. The molecule has 5 rings (SSSR count). The number of ether oxygens (including phenoxy) is 1. The Morgan fingerprint density at radius 2 is 1.46 bits per heavy atom. The van der Waals surface area contributed by atoms with E-state index in [2.05, 4.69) is 90.6 Å². The molecule has 2 aliphatic rings. The number of hydrogen-bond acceptors (Lipinski definition) is 8. The molecule has 0 saturated carbocycles. The van der Waals surface area contributed by atoms with Crippen LogP contribution < -0.4 is 16.0 Å². The van der Waals surface area contributed by atoms with Crippen LogP contribution in [0.5, 0.6) is 0 Å². The monoisotopic (exact) mass is 473 g/mol. The largest absolute Gasteiger partial charge is 0.393 e. The number of nitrogens with zero attached hydrogens (tertiary/aromatic N) is 5. The van der Waals surface area contributed by atoms with Crippen LogP contribution in [0.2, 0.25) is 0 Å². The molecule has 35 heavy (non-hydrogen) atoms. The van der Waals surface area contributed by atoms with Gasteiger partial charge in [0.1, 0.15) is 12.0 Å². The molecule has 3 heterocycles. The molecule has 0 bridgehead atoms. The Hall–Kier alpha value is -3.20. The first-order valence-corrected chi connectivity index (χ1v) is 12.5. The van der Waals surface area contributed by atoms with Gasteiger partial charge in [-0.1, -0.05) is 60.7 Å². The second kappa shape index (κ2) is 11.5. The molecule has 1 aromatic heterocycles. The first kappa shape index (κ1) is 23.5. The molecule has 8 heteroatoms. The number of rotatable bonds is 8. The summed E-state index contributed by atoms with van der Waals surface area (Å²) in [6.45, 7) is 8.89. The van der Waals surface area contributed by atoms with Crippen molar-refractivity contribution in [3.05, 3.63) is 78.1 Å². The van der Waals surface area contributed by atoms with E-state index in [1.807, 2.05) is 0 Å². The summed E-state index contributed by atoms with van der Waals surface area (Å²) in [4.78, 5) is 16.2. The van der Waals surface area contributed by atoms with E-state index in [0.29, 0.717) is 5.69 Å². The lowest BCUT2D eigenvalue weighted by atomic mass is 9.96. The fraction of sp³-hybridized carbons (Fsp3) is 0.407. The molecule has 3 N–H and O–H groups in total. The lowest BCUT2D eigenvalue weighted by molar-refractivity contribution is 0.0398. The van der Waals surface area contributed by atoms with Gasteiger partial charge in [-0.15, -0.1) is 0 Å². The molecule has 2 aliphatic heterocycles. The molecule has 3 aromatic rings. The third-order valence-electron chi connectivity index (χ3n) is 6.90. The highest BCUT2D eigenvalue weighted by molar-refractivity contribution is 5.75. The number of hydrogen-bond donors (Lipinski definition) is 2. The molecule has 0 radical (unpaired) electrons. The zero-order valence-electron chi connectivity index (χ0n) is 20.2. The number of piperazine rings is 1. The molecule has 0 aliphatic carbocycles. The lowest BCUT2D eigenvalue weighted by Crippen LogP contribution is -2.48. The average molecular weight is 474 g/mol. The summed E-state index contributed by atoms with van der Waals surface area (Å²) in [5.74, 6) is 1.54. The van der Waals surface area contributed by atoms with Gasteiger partial charge in [-0.05, 0) is 11.1 Å². The maximum absolute atomic E-state index is 6.53. The van der Waals surface area contributed by atoms with Crippen molar-refractivity contribution in [2.24, 2.45) is 0 Å². The van der Waals surface area contributed by atoms with Gasteiger partial charge in [-0.2, -0.15) is 0 Å². The summed E-state index contributed by atoms with van der Waals surface area (Å²) in [7, 11) is 0. The fourth-order valence-electron chi connectivity index (χ4n) is 5.01. The summed E-state index contributed by atoms with van der Waals surface area (Å²) >= 11 is 0. The van der Waals surface area contributed by atoms with Crippen molar-refractivity contribution in [1.82, 2.24) is 19.8 Å². The molecule has 184 valence electrons. The first-order valence-electron chi connectivity index (χ1n) is 12.5. The van der Waals surface area contributed by atoms with Gasteiger partial charge in [0, 0.05) is 52.4 Å². The number of nitrogens with two attached hydrogens (primary N) is 1. The molecule has 0 amide bonds. The van der Waals surface area contributed by atoms with E-state index in [0.717, 1.165) is 77.2 Å². The Kier molecular flexibility index (Phi) is 7.72. The molecular formula is C27H35N7O. The highest BCUT2D eigenvalue weighted by atomic mass is 16.5. The summed E-state index contributed by atoms with van der Waals surface area (Å²) in [6.07, 6.45) is 1.62. The van der Waals surface area contributed by atoms with Crippen LogP contribution in [0, 0.1) is 0 Å². The van der Waals surface area contributed by atoms with Gasteiger partial charge in [0.25, 0.3) is 0 Å². The minimum atomic E-state index is 0.236. The number of nitrogen functional groups attached to an aromatic ring is 1. The zero-order chi connectivity index (χ0) is 23.9. The van der Waals surface area contributed by atoms with Crippen molar-refractivity contribution in [1.29, 1.82) is 0 Å². The molecular weight excluding hydrogens is 438 g/mol. The predicted octanol–water partition coefficient (Wildman–Crippen LogP) is 2.71. The van der Waals surface area contributed by atoms with E-state index in [4.69, 9.17) is 10.5 Å². The molecule has 2 aromatic carbocycles. The number of morpholine rings is 1. The van der Waals surface area contributed by atoms with Gasteiger partial charge < -0.3 is 20.7 Å². The Morgan fingerprint density at radius 1 is 0.829 bits per heavy atom. The van der Waals surface area contributed by atoms with Gasteiger partial charge in [-0.3, -0.25) is 9.80 Å². The van der Waals surface area contributed by atoms with Crippen LogP contribution in [0.15, 0.2) is 67.0 Å². The van der Waals surface area contributed by atoms with E-state index >= 15 is 0 Å². The molecule has 2 saturated heterocycles. The Balaban J connectivity index is 1.23.